The molecule has 20 heavy (non-hydrogen) atoms. The second kappa shape index (κ2) is 5.43. The Hall–Kier alpha value is -2.20. The number of carboxylic acid groups (broad SMARTS) is 1. The number of hydrogen-bond acceptors (Lipinski definition) is 5. The van der Waals surface area contributed by atoms with Gasteiger partial charge in [0.1, 0.15) is 11.4 Å². The van der Waals surface area contributed by atoms with Crippen molar-refractivity contribution in [3.63, 3.8) is 0 Å². The van der Waals surface area contributed by atoms with Crippen LogP contribution in [-0.4, -0.2) is 39.7 Å². The number of H-pyrrole nitrogens is 2. The van der Waals surface area contributed by atoms with Gasteiger partial charge in [-0.05, 0) is 6.42 Å². The third kappa shape index (κ3) is 2.70. The molecule has 2 aromatic rings. The highest BCUT2D eigenvalue weighted by atomic mass is 32.2. The second-order valence-electron chi connectivity index (χ2n) is 3.97. The Balaban J connectivity index is 2.31. The Labute approximate surface area is 114 Å². The van der Waals surface area contributed by atoms with E-state index in [1.54, 1.807) is 13.1 Å². The monoisotopic (exact) mass is 299 g/mol. The third-order valence-corrected chi connectivity index (χ3v) is 4.10. The van der Waals surface area contributed by atoms with Crippen molar-refractivity contribution < 1.29 is 18.3 Å². The summed E-state index contributed by atoms with van der Waals surface area (Å²) in [5.41, 5.74) is -0.410. The Kier molecular flexibility index (Phi) is 3.86. The van der Waals surface area contributed by atoms with Gasteiger partial charge in [0, 0.05) is 12.4 Å². The third-order valence-electron chi connectivity index (χ3n) is 2.66. The quantitative estimate of drug-likeness (QED) is 0.603. The van der Waals surface area contributed by atoms with E-state index < -0.39 is 32.6 Å². The van der Waals surface area contributed by atoms with Gasteiger partial charge in [-0.25, -0.2) is 18.2 Å². The van der Waals surface area contributed by atoms with Gasteiger partial charge in [0.15, 0.2) is 5.03 Å². The van der Waals surface area contributed by atoms with Gasteiger partial charge in [0.25, 0.3) is 10.0 Å². The van der Waals surface area contributed by atoms with Crippen LogP contribution in [0, 0.1) is 0 Å². The molecule has 2 aromatic heterocycles. The van der Waals surface area contributed by atoms with Gasteiger partial charge in [-0.2, -0.15) is 9.82 Å². The molecular formula is C10H13N5O4S. The predicted molar refractivity (Wildman–Crippen MR) is 67.5 cm³/mol. The van der Waals surface area contributed by atoms with Gasteiger partial charge in [0.2, 0.25) is 0 Å². The largest absolute Gasteiger partial charge is 0.478 e. The molecule has 9 nitrogen and oxygen atoms in total. The number of rotatable bonds is 6. The van der Waals surface area contributed by atoms with Crippen LogP contribution in [0.5, 0.6) is 0 Å². The molecule has 0 aliphatic rings. The highest BCUT2D eigenvalue weighted by Crippen LogP contribution is 2.18. The minimum Gasteiger partial charge on any atom is -0.478 e. The average Bonchev–Trinajstić information content (AvgIpc) is 3.06. The smallest absolute Gasteiger partial charge is 0.340 e. The Morgan fingerprint density at radius 1 is 1.55 bits per heavy atom. The summed E-state index contributed by atoms with van der Waals surface area (Å²) in [6.07, 6.45) is 4.48. The fraction of sp³-hybridized carbons (Fsp3) is 0.300. The zero-order chi connectivity index (χ0) is 14.8. The number of hydrogen-bond donors (Lipinski definition) is 4. The number of carboxylic acids is 1. The number of carbonyl (C=O) groups is 1. The molecule has 2 heterocycles. The number of aromatic amines is 2. The van der Waals surface area contributed by atoms with Gasteiger partial charge in [0.05, 0.1) is 12.2 Å². The van der Waals surface area contributed by atoms with E-state index in [1.807, 2.05) is 0 Å². The number of sulfonamides is 1. The van der Waals surface area contributed by atoms with E-state index in [1.165, 1.54) is 6.20 Å². The summed E-state index contributed by atoms with van der Waals surface area (Å²) < 4.78 is 26.8. The van der Waals surface area contributed by atoms with E-state index in [-0.39, 0.29) is 0 Å². The van der Waals surface area contributed by atoms with E-state index in [4.69, 9.17) is 5.11 Å². The van der Waals surface area contributed by atoms with E-state index in [0.717, 1.165) is 6.20 Å². The molecule has 0 radical (unpaired) electrons. The number of aromatic carboxylic acids is 1. The molecule has 0 bridgehead atoms. The van der Waals surface area contributed by atoms with Crippen molar-refractivity contribution in [2.75, 3.05) is 0 Å². The molecule has 1 atom stereocenters. The van der Waals surface area contributed by atoms with Crippen molar-refractivity contribution in [2.45, 2.75) is 24.4 Å². The normalized spacial score (nSPS) is 13.2. The maximum atomic E-state index is 12.2. The minimum atomic E-state index is -4.04. The maximum absolute atomic E-state index is 12.2. The lowest BCUT2D eigenvalue weighted by Gasteiger charge is -2.14. The molecule has 10 heteroatoms. The maximum Gasteiger partial charge on any atom is 0.340 e. The zero-order valence-corrected chi connectivity index (χ0v) is 11.3. The zero-order valence-electron chi connectivity index (χ0n) is 10.5. The van der Waals surface area contributed by atoms with Crippen LogP contribution in [0.25, 0.3) is 0 Å². The summed E-state index contributed by atoms with van der Waals surface area (Å²) in [5.74, 6) is -0.919. The van der Waals surface area contributed by atoms with Crippen LogP contribution >= 0.6 is 0 Å². The summed E-state index contributed by atoms with van der Waals surface area (Å²) in [4.78, 5) is 17.7. The van der Waals surface area contributed by atoms with Crippen molar-refractivity contribution in [2.24, 2.45) is 0 Å². The van der Waals surface area contributed by atoms with Crippen molar-refractivity contribution in [1.29, 1.82) is 0 Å². The van der Waals surface area contributed by atoms with E-state index >= 15 is 0 Å². The number of imidazole rings is 1. The lowest BCUT2D eigenvalue weighted by molar-refractivity contribution is 0.0692. The molecule has 0 aliphatic heterocycles. The van der Waals surface area contributed by atoms with Crippen molar-refractivity contribution >= 4 is 16.0 Å². The standard InChI is InChI=1S/C10H13N5O4S/c1-2-7(8-11-3-4-12-8)15-20(18,19)9-6(10(16)17)5-13-14-9/h3-5,7,15H,2H2,1H3,(H,11,12)(H,13,14)(H,16,17). The molecule has 0 aliphatic carbocycles. The topological polar surface area (TPSA) is 141 Å². The Bertz CT molecular complexity index is 691. The Morgan fingerprint density at radius 3 is 2.85 bits per heavy atom. The highest BCUT2D eigenvalue weighted by Gasteiger charge is 2.28. The molecule has 0 saturated carbocycles. The van der Waals surface area contributed by atoms with Gasteiger partial charge < -0.3 is 10.1 Å². The molecule has 2 rings (SSSR count). The van der Waals surface area contributed by atoms with E-state index in [0.29, 0.717) is 12.2 Å². The van der Waals surface area contributed by atoms with Crippen LogP contribution in [0.15, 0.2) is 23.6 Å². The summed E-state index contributed by atoms with van der Waals surface area (Å²) in [6.45, 7) is 1.78. The second-order valence-corrected chi connectivity index (χ2v) is 5.63. The molecule has 0 aromatic carbocycles. The molecule has 0 spiro atoms. The van der Waals surface area contributed by atoms with Crippen molar-refractivity contribution in [1.82, 2.24) is 24.9 Å². The highest BCUT2D eigenvalue weighted by molar-refractivity contribution is 7.89. The number of nitrogens with one attached hydrogen (secondary N) is 3. The van der Waals surface area contributed by atoms with Crippen LogP contribution in [0.3, 0.4) is 0 Å². The van der Waals surface area contributed by atoms with Crippen LogP contribution in [0.2, 0.25) is 0 Å². The molecule has 108 valence electrons. The van der Waals surface area contributed by atoms with Crippen LogP contribution in [0.1, 0.15) is 35.6 Å². The molecule has 4 N–H and O–H groups in total. The first-order chi connectivity index (χ1) is 9.45. The van der Waals surface area contributed by atoms with Crippen LogP contribution in [-0.2, 0) is 10.0 Å². The Morgan fingerprint density at radius 2 is 2.30 bits per heavy atom. The van der Waals surface area contributed by atoms with Gasteiger partial charge in [-0.15, -0.1) is 0 Å². The molecule has 0 amide bonds. The molecule has 1 unspecified atom stereocenters. The fourth-order valence-corrected chi connectivity index (χ4v) is 3.05. The fourth-order valence-electron chi connectivity index (χ4n) is 1.68. The summed E-state index contributed by atoms with van der Waals surface area (Å²) in [6, 6.07) is -0.583. The SMILES string of the molecule is CCC(NS(=O)(=O)c1[nH]ncc1C(=O)O)c1ncc[nH]1. The van der Waals surface area contributed by atoms with E-state index in [9.17, 15) is 13.2 Å². The van der Waals surface area contributed by atoms with Crippen molar-refractivity contribution in [3.05, 3.63) is 30.0 Å². The lowest BCUT2D eigenvalue weighted by Crippen LogP contribution is -2.30. The van der Waals surface area contributed by atoms with Gasteiger partial charge in [-0.3, -0.25) is 5.10 Å². The summed E-state index contributed by atoms with van der Waals surface area (Å²) in [7, 11) is -4.04. The molecule has 0 saturated heterocycles. The van der Waals surface area contributed by atoms with Crippen molar-refractivity contribution in [3.8, 4) is 0 Å². The van der Waals surface area contributed by atoms with Crippen LogP contribution < -0.4 is 4.72 Å². The number of aromatic nitrogens is 4. The molecular weight excluding hydrogens is 286 g/mol. The first-order valence-electron chi connectivity index (χ1n) is 5.74. The first-order valence-corrected chi connectivity index (χ1v) is 7.22. The van der Waals surface area contributed by atoms with Gasteiger partial charge in [-0.1, -0.05) is 6.92 Å². The van der Waals surface area contributed by atoms with Crippen LogP contribution in [0.4, 0.5) is 0 Å². The summed E-state index contributed by atoms with van der Waals surface area (Å²) in [5, 5.41) is 14.1. The lowest BCUT2D eigenvalue weighted by atomic mass is 10.2. The average molecular weight is 299 g/mol. The van der Waals surface area contributed by atoms with Gasteiger partial charge >= 0.3 is 5.97 Å². The molecule has 0 fully saturated rings. The number of nitrogens with zero attached hydrogens (tertiary/aromatic N) is 2. The van der Waals surface area contributed by atoms with E-state index in [2.05, 4.69) is 24.9 Å². The summed E-state index contributed by atoms with van der Waals surface area (Å²) >= 11 is 0. The minimum absolute atomic E-state index is 0.410. The first kappa shape index (κ1) is 14.2. The predicted octanol–water partition coefficient (Wildman–Crippen LogP) is 0.261.